The van der Waals surface area contributed by atoms with E-state index >= 15 is 0 Å². The van der Waals surface area contributed by atoms with Crippen LogP contribution in [0, 0.1) is 0 Å². The van der Waals surface area contributed by atoms with Crippen molar-refractivity contribution in [3.05, 3.63) is 18.5 Å². The summed E-state index contributed by atoms with van der Waals surface area (Å²) < 4.78 is 0. The smallest absolute Gasteiger partial charge is 0.0764 e. The normalized spacial score (nSPS) is 21.6. The average Bonchev–Trinajstić information content (AvgIpc) is 2.25. The van der Waals surface area contributed by atoms with Crippen LogP contribution in [0.3, 0.4) is 0 Å². The van der Waals surface area contributed by atoms with Crippen LogP contribution in [0.4, 0.5) is 11.4 Å². The van der Waals surface area contributed by atoms with Crippen molar-refractivity contribution >= 4 is 11.4 Å². The summed E-state index contributed by atoms with van der Waals surface area (Å²) in [5, 5.41) is 6.75. The summed E-state index contributed by atoms with van der Waals surface area (Å²) in [4.78, 5) is 4.07. The summed E-state index contributed by atoms with van der Waals surface area (Å²) in [6.07, 6.45) is 4.82. The van der Waals surface area contributed by atoms with Crippen LogP contribution in [-0.2, 0) is 0 Å². The first-order chi connectivity index (χ1) is 5.86. The molecule has 12 heavy (non-hydrogen) atoms. The standard InChI is InChI=1S/C9H13N3/c1-7-2-5-11-8-3-4-10-6-9(8)12-7/h3-4,6-7,11-12H,2,5H2,1H3. The Morgan fingerprint density at radius 1 is 1.50 bits per heavy atom. The van der Waals surface area contributed by atoms with E-state index in [1.165, 1.54) is 0 Å². The maximum Gasteiger partial charge on any atom is 0.0764 e. The molecule has 2 rings (SSSR count). The van der Waals surface area contributed by atoms with Gasteiger partial charge in [-0.1, -0.05) is 0 Å². The molecule has 3 heteroatoms. The topological polar surface area (TPSA) is 37.0 Å². The Morgan fingerprint density at radius 2 is 2.42 bits per heavy atom. The van der Waals surface area contributed by atoms with Crippen molar-refractivity contribution in [1.29, 1.82) is 0 Å². The van der Waals surface area contributed by atoms with Crippen LogP contribution in [0.1, 0.15) is 13.3 Å². The van der Waals surface area contributed by atoms with E-state index in [4.69, 9.17) is 0 Å². The van der Waals surface area contributed by atoms with Gasteiger partial charge >= 0.3 is 0 Å². The highest BCUT2D eigenvalue weighted by atomic mass is 15.0. The Morgan fingerprint density at radius 3 is 3.33 bits per heavy atom. The fourth-order valence-electron chi connectivity index (χ4n) is 1.42. The highest BCUT2D eigenvalue weighted by Gasteiger charge is 2.10. The van der Waals surface area contributed by atoms with Crippen LogP contribution in [0.5, 0.6) is 0 Å². The minimum atomic E-state index is 0.531. The van der Waals surface area contributed by atoms with Gasteiger partial charge in [-0.25, -0.2) is 0 Å². The Bertz CT molecular complexity index is 272. The Balaban J connectivity index is 2.31. The molecule has 1 aliphatic rings. The monoisotopic (exact) mass is 163 g/mol. The highest BCUT2D eigenvalue weighted by Crippen LogP contribution is 2.23. The minimum Gasteiger partial charge on any atom is -0.383 e. The molecule has 1 aliphatic heterocycles. The number of nitrogens with one attached hydrogen (secondary N) is 2. The van der Waals surface area contributed by atoms with Gasteiger partial charge in [0.15, 0.2) is 0 Å². The number of nitrogens with zero attached hydrogens (tertiary/aromatic N) is 1. The van der Waals surface area contributed by atoms with E-state index in [-0.39, 0.29) is 0 Å². The van der Waals surface area contributed by atoms with E-state index in [2.05, 4.69) is 22.5 Å². The zero-order valence-corrected chi connectivity index (χ0v) is 7.17. The molecule has 1 aromatic rings. The molecule has 0 radical (unpaired) electrons. The summed E-state index contributed by atoms with van der Waals surface area (Å²) in [5.41, 5.74) is 2.27. The molecule has 0 bridgehead atoms. The molecule has 0 amide bonds. The lowest BCUT2D eigenvalue weighted by molar-refractivity contribution is 0.745. The molecule has 64 valence electrons. The van der Waals surface area contributed by atoms with E-state index in [1.807, 2.05) is 18.5 Å². The molecule has 0 aromatic carbocycles. The van der Waals surface area contributed by atoms with Gasteiger partial charge in [-0.3, -0.25) is 4.98 Å². The van der Waals surface area contributed by atoms with Crippen molar-refractivity contribution in [2.75, 3.05) is 17.2 Å². The summed E-state index contributed by atoms with van der Waals surface area (Å²) >= 11 is 0. The highest BCUT2D eigenvalue weighted by molar-refractivity contribution is 5.68. The molecular weight excluding hydrogens is 150 g/mol. The van der Waals surface area contributed by atoms with E-state index in [9.17, 15) is 0 Å². The maximum atomic E-state index is 4.07. The third kappa shape index (κ3) is 1.35. The number of fused-ring (bicyclic) bond motifs is 1. The van der Waals surface area contributed by atoms with Crippen molar-refractivity contribution < 1.29 is 0 Å². The minimum absolute atomic E-state index is 0.531. The molecule has 2 N–H and O–H groups in total. The quantitative estimate of drug-likeness (QED) is 0.611. The van der Waals surface area contributed by atoms with Crippen LogP contribution in [-0.4, -0.2) is 17.6 Å². The first kappa shape index (κ1) is 7.40. The number of hydrogen-bond acceptors (Lipinski definition) is 3. The number of aromatic nitrogens is 1. The van der Waals surface area contributed by atoms with Gasteiger partial charge in [-0.2, -0.15) is 0 Å². The fourth-order valence-corrected chi connectivity index (χ4v) is 1.42. The lowest BCUT2D eigenvalue weighted by Gasteiger charge is -2.10. The summed E-state index contributed by atoms with van der Waals surface area (Å²) in [6.45, 7) is 3.22. The van der Waals surface area contributed by atoms with Crippen molar-refractivity contribution in [2.24, 2.45) is 0 Å². The summed E-state index contributed by atoms with van der Waals surface area (Å²) in [5.74, 6) is 0. The van der Waals surface area contributed by atoms with Gasteiger partial charge in [0.25, 0.3) is 0 Å². The van der Waals surface area contributed by atoms with E-state index < -0.39 is 0 Å². The first-order valence-electron chi connectivity index (χ1n) is 4.30. The molecule has 0 saturated carbocycles. The van der Waals surface area contributed by atoms with Crippen molar-refractivity contribution in [1.82, 2.24) is 4.98 Å². The molecule has 2 heterocycles. The van der Waals surface area contributed by atoms with Crippen LogP contribution in [0.25, 0.3) is 0 Å². The lowest BCUT2D eigenvalue weighted by Crippen LogP contribution is -2.14. The van der Waals surface area contributed by atoms with Gasteiger partial charge in [0.1, 0.15) is 0 Å². The second-order valence-electron chi connectivity index (χ2n) is 3.18. The van der Waals surface area contributed by atoms with Crippen LogP contribution in [0.15, 0.2) is 18.5 Å². The van der Waals surface area contributed by atoms with Gasteiger partial charge in [-0.05, 0) is 19.4 Å². The fraction of sp³-hybridized carbons (Fsp3) is 0.444. The van der Waals surface area contributed by atoms with Crippen LogP contribution >= 0.6 is 0 Å². The van der Waals surface area contributed by atoms with Crippen molar-refractivity contribution in [3.8, 4) is 0 Å². The maximum absolute atomic E-state index is 4.07. The predicted molar refractivity (Wildman–Crippen MR) is 50.4 cm³/mol. The molecule has 1 atom stereocenters. The molecule has 0 fully saturated rings. The van der Waals surface area contributed by atoms with E-state index in [0.29, 0.717) is 6.04 Å². The Kier molecular flexibility index (Phi) is 1.86. The number of rotatable bonds is 0. The molecule has 0 aliphatic carbocycles. The average molecular weight is 163 g/mol. The van der Waals surface area contributed by atoms with Crippen molar-refractivity contribution in [2.45, 2.75) is 19.4 Å². The molecule has 1 unspecified atom stereocenters. The number of anilines is 2. The Hall–Kier alpha value is -1.25. The third-order valence-electron chi connectivity index (χ3n) is 2.12. The van der Waals surface area contributed by atoms with E-state index in [1.54, 1.807) is 0 Å². The second kappa shape index (κ2) is 3.01. The first-order valence-corrected chi connectivity index (χ1v) is 4.30. The Labute approximate surface area is 72.2 Å². The summed E-state index contributed by atoms with van der Waals surface area (Å²) in [7, 11) is 0. The van der Waals surface area contributed by atoms with Crippen LogP contribution in [0.2, 0.25) is 0 Å². The molecular formula is C9H13N3. The van der Waals surface area contributed by atoms with Gasteiger partial charge in [0.05, 0.1) is 17.6 Å². The molecule has 0 spiro atoms. The molecule has 1 aromatic heterocycles. The summed E-state index contributed by atoms with van der Waals surface area (Å²) in [6, 6.07) is 2.53. The van der Waals surface area contributed by atoms with Gasteiger partial charge in [0.2, 0.25) is 0 Å². The third-order valence-corrected chi connectivity index (χ3v) is 2.12. The van der Waals surface area contributed by atoms with Gasteiger partial charge < -0.3 is 10.6 Å². The molecule has 3 nitrogen and oxygen atoms in total. The zero-order chi connectivity index (χ0) is 8.39. The molecule has 0 saturated heterocycles. The second-order valence-corrected chi connectivity index (χ2v) is 3.18. The lowest BCUT2D eigenvalue weighted by atomic mass is 10.2. The largest absolute Gasteiger partial charge is 0.383 e. The number of hydrogen-bond donors (Lipinski definition) is 2. The SMILES string of the molecule is CC1CCNc2ccncc2N1. The predicted octanol–water partition coefficient (Wildman–Crippen LogP) is 1.70. The van der Waals surface area contributed by atoms with E-state index in [0.717, 1.165) is 24.3 Å². The van der Waals surface area contributed by atoms with Gasteiger partial charge in [0, 0.05) is 18.8 Å². The van der Waals surface area contributed by atoms with Crippen LogP contribution < -0.4 is 10.6 Å². The van der Waals surface area contributed by atoms with Gasteiger partial charge in [-0.15, -0.1) is 0 Å². The number of pyridine rings is 1. The van der Waals surface area contributed by atoms with Crippen molar-refractivity contribution in [3.63, 3.8) is 0 Å². The zero-order valence-electron chi connectivity index (χ0n) is 7.17.